The number of urea groups is 1. The van der Waals surface area contributed by atoms with Crippen molar-refractivity contribution in [1.82, 2.24) is 24.8 Å². The van der Waals surface area contributed by atoms with Crippen molar-refractivity contribution in [1.29, 1.82) is 0 Å². The van der Waals surface area contributed by atoms with Crippen molar-refractivity contribution < 1.29 is 4.79 Å². The normalized spacial score (nSPS) is 17.3. The third-order valence-corrected chi connectivity index (χ3v) is 4.23. The Balaban J connectivity index is 1.53. The van der Waals surface area contributed by atoms with Crippen LogP contribution in [0.5, 0.6) is 0 Å². The Morgan fingerprint density at radius 3 is 2.88 bits per heavy atom. The number of aryl methyl sites for hydroxylation is 1. The second kappa shape index (κ2) is 7.35. The maximum Gasteiger partial charge on any atom is 0.321 e. The largest absolute Gasteiger partial charge is 0.323 e. The Hall–Kier alpha value is -2.54. The molecule has 0 spiro atoms. The summed E-state index contributed by atoms with van der Waals surface area (Å²) in [6.07, 6.45) is 6.15. The van der Waals surface area contributed by atoms with Crippen molar-refractivity contribution in [3.63, 3.8) is 0 Å². The minimum Gasteiger partial charge on any atom is -0.323 e. The molecular weight excluding hydrogens is 304 g/mol. The van der Waals surface area contributed by atoms with Gasteiger partial charge >= 0.3 is 6.03 Å². The molecule has 2 amide bonds. The molecule has 1 saturated heterocycles. The quantitative estimate of drug-likeness (QED) is 0.929. The fourth-order valence-corrected chi connectivity index (χ4v) is 2.88. The van der Waals surface area contributed by atoms with E-state index in [0.29, 0.717) is 19.1 Å². The van der Waals surface area contributed by atoms with Crippen LogP contribution in [-0.2, 0) is 6.54 Å². The molecule has 1 unspecified atom stereocenters. The van der Waals surface area contributed by atoms with E-state index in [1.807, 2.05) is 24.0 Å². The summed E-state index contributed by atoms with van der Waals surface area (Å²) in [5.41, 5.74) is 1.66. The number of pyridine rings is 1. The molecule has 7 nitrogen and oxygen atoms in total. The Morgan fingerprint density at radius 2 is 2.12 bits per heavy atom. The monoisotopic (exact) mass is 326 g/mol. The van der Waals surface area contributed by atoms with Gasteiger partial charge in [0.1, 0.15) is 5.82 Å². The van der Waals surface area contributed by atoms with Gasteiger partial charge in [-0.25, -0.2) is 14.8 Å². The molecule has 1 aliphatic rings. The number of nitrogens with zero attached hydrogens (tertiary/aromatic N) is 5. The van der Waals surface area contributed by atoms with Crippen LogP contribution in [-0.4, -0.2) is 57.0 Å². The Kier molecular flexibility index (Phi) is 5.00. The van der Waals surface area contributed by atoms with Crippen molar-refractivity contribution in [2.24, 2.45) is 0 Å². The molecule has 7 heteroatoms. The van der Waals surface area contributed by atoms with Crippen LogP contribution in [0.1, 0.15) is 17.9 Å². The molecule has 1 atom stereocenters. The van der Waals surface area contributed by atoms with E-state index in [4.69, 9.17) is 0 Å². The van der Waals surface area contributed by atoms with Gasteiger partial charge in [-0.2, -0.15) is 0 Å². The number of anilines is 1. The lowest BCUT2D eigenvalue weighted by atomic mass is 10.2. The van der Waals surface area contributed by atoms with Crippen LogP contribution < -0.4 is 5.32 Å². The van der Waals surface area contributed by atoms with Crippen LogP contribution in [0.15, 0.2) is 36.8 Å². The number of carbonyl (C=O) groups is 1. The topological polar surface area (TPSA) is 74.2 Å². The maximum atomic E-state index is 12.4. The third-order valence-electron chi connectivity index (χ3n) is 4.23. The van der Waals surface area contributed by atoms with Gasteiger partial charge in [0.2, 0.25) is 0 Å². The van der Waals surface area contributed by atoms with Gasteiger partial charge in [0.05, 0.1) is 6.54 Å². The first-order valence-electron chi connectivity index (χ1n) is 8.06. The molecule has 0 aromatic carbocycles. The van der Waals surface area contributed by atoms with Gasteiger partial charge in [0.25, 0.3) is 0 Å². The Bertz CT molecular complexity index is 692. The first-order chi connectivity index (χ1) is 11.6. The molecular formula is C17H22N6O. The van der Waals surface area contributed by atoms with Gasteiger partial charge in [-0.15, -0.1) is 0 Å². The van der Waals surface area contributed by atoms with Gasteiger partial charge in [0, 0.05) is 49.1 Å². The van der Waals surface area contributed by atoms with Crippen molar-refractivity contribution in [3.05, 3.63) is 48.3 Å². The van der Waals surface area contributed by atoms with Crippen LogP contribution in [0, 0.1) is 6.92 Å². The molecule has 24 heavy (non-hydrogen) atoms. The van der Waals surface area contributed by atoms with Crippen molar-refractivity contribution in [2.45, 2.75) is 25.9 Å². The highest BCUT2D eigenvalue weighted by atomic mass is 16.2. The summed E-state index contributed by atoms with van der Waals surface area (Å²) in [5.74, 6) is 0.801. The molecule has 3 rings (SSSR count). The van der Waals surface area contributed by atoms with Gasteiger partial charge in [-0.05, 0) is 38.6 Å². The fourth-order valence-electron chi connectivity index (χ4n) is 2.88. The number of hydrogen-bond donors (Lipinski definition) is 1. The van der Waals surface area contributed by atoms with Crippen LogP contribution in [0.25, 0.3) is 0 Å². The second-order valence-electron chi connectivity index (χ2n) is 6.08. The van der Waals surface area contributed by atoms with Gasteiger partial charge in [-0.1, -0.05) is 0 Å². The van der Waals surface area contributed by atoms with Gasteiger partial charge in [0.15, 0.2) is 0 Å². The van der Waals surface area contributed by atoms with Crippen LogP contribution in [0.4, 0.5) is 10.5 Å². The number of likely N-dealkylation sites (N-methyl/N-ethyl adjacent to an activating group) is 1. The predicted molar refractivity (Wildman–Crippen MR) is 91.5 cm³/mol. The number of carbonyl (C=O) groups excluding carboxylic acids is 1. The highest BCUT2D eigenvalue weighted by Crippen LogP contribution is 2.17. The summed E-state index contributed by atoms with van der Waals surface area (Å²) in [6.45, 7) is 4.05. The third kappa shape index (κ3) is 4.05. The van der Waals surface area contributed by atoms with Crippen molar-refractivity contribution >= 4 is 11.7 Å². The van der Waals surface area contributed by atoms with Gasteiger partial charge < -0.3 is 10.2 Å². The van der Waals surface area contributed by atoms with E-state index >= 15 is 0 Å². The summed E-state index contributed by atoms with van der Waals surface area (Å²) in [5, 5.41) is 2.94. The molecule has 126 valence electrons. The number of hydrogen-bond acceptors (Lipinski definition) is 5. The number of amides is 2. The molecule has 0 radical (unpaired) electrons. The molecule has 1 fully saturated rings. The summed E-state index contributed by atoms with van der Waals surface area (Å²) in [7, 11) is 2.05. The smallest absolute Gasteiger partial charge is 0.321 e. The molecule has 2 aromatic heterocycles. The van der Waals surface area contributed by atoms with Crippen LogP contribution in [0.3, 0.4) is 0 Å². The summed E-state index contributed by atoms with van der Waals surface area (Å²) in [6, 6.07) is 5.74. The number of rotatable bonds is 4. The van der Waals surface area contributed by atoms with Gasteiger partial charge in [-0.3, -0.25) is 9.88 Å². The molecule has 3 heterocycles. The Morgan fingerprint density at radius 1 is 1.33 bits per heavy atom. The van der Waals surface area contributed by atoms with E-state index in [0.717, 1.165) is 30.2 Å². The molecule has 0 aliphatic carbocycles. The molecule has 0 saturated carbocycles. The lowest BCUT2D eigenvalue weighted by Gasteiger charge is -2.24. The number of nitrogens with one attached hydrogen (secondary N) is 1. The number of likely N-dealkylation sites (tertiary alicyclic amines) is 1. The van der Waals surface area contributed by atoms with E-state index in [-0.39, 0.29) is 6.03 Å². The highest BCUT2D eigenvalue weighted by molar-refractivity contribution is 5.89. The zero-order valence-electron chi connectivity index (χ0n) is 14.0. The zero-order valence-corrected chi connectivity index (χ0v) is 14.0. The molecule has 1 N–H and O–H groups in total. The SMILES string of the molecule is Cc1cc(NC(=O)N2CCC(N(C)Cc3ncccn3)C2)ccn1. The first kappa shape index (κ1) is 16.3. The second-order valence-corrected chi connectivity index (χ2v) is 6.08. The van der Waals surface area contributed by atoms with E-state index in [1.54, 1.807) is 24.7 Å². The maximum absolute atomic E-state index is 12.4. The summed E-state index contributed by atoms with van der Waals surface area (Å²) >= 11 is 0. The molecule has 1 aliphatic heterocycles. The van der Waals surface area contributed by atoms with Crippen LogP contribution in [0.2, 0.25) is 0 Å². The predicted octanol–water partition coefficient (Wildman–Crippen LogP) is 1.92. The minimum absolute atomic E-state index is 0.0625. The fraction of sp³-hybridized carbons (Fsp3) is 0.412. The average molecular weight is 326 g/mol. The lowest BCUT2D eigenvalue weighted by molar-refractivity contribution is 0.206. The Labute approximate surface area is 141 Å². The van der Waals surface area contributed by atoms with E-state index < -0.39 is 0 Å². The van der Waals surface area contributed by atoms with Crippen LogP contribution >= 0.6 is 0 Å². The molecule has 2 aromatic rings. The standard InChI is InChI=1S/C17H22N6O/c1-13-10-14(4-8-18-13)21-17(24)23-9-5-15(11-23)22(2)12-16-19-6-3-7-20-16/h3-4,6-8,10,15H,5,9,11-12H2,1-2H3,(H,18,21,24). The minimum atomic E-state index is -0.0625. The number of aromatic nitrogens is 3. The van der Waals surface area contributed by atoms with E-state index in [9.17, 15) is 4.79 Å². The molecule has 0 bridgehead atoms. The van der Waals surface area contributed by atoms with E-state index in [1.165, 1.54) is 0 Å². The van der Waals surface area contributed by atoms with Crippen molar-refractivity contribution in [2.75, 3.05) is 25.5 Å². The van der Waals surface area contributed by atoms with E-state index in [2.05, 4.69) is 32.2 Å². The zero-order chi connectivity index (χ0) is 16.9. The highest BCUT2D eigenvalue weighted by Gasteiger charge is 2.29. The summed E-state index contributed by atoms with van der Waals surface area (Å²) < 4.78 is 0. The average Bonchev–Trinajstić information content (AvgIpc) is 3.06. The lowest BCUT2D eigenvalue weighted by Crippen LogP contribution is -2.38. The van der Waals surface area contributed by atoms with Crippen molar-refractivity contribution in [3.8, 4) is 0 Å². The summed E-state index contributed by atoms with van der Waals surface area (Å²) in [4.78, 5) is 29.1. The first-order valence-corrected chi connectivity index (χ1v) is 8.06.